The highest BCUT2D eigenvalue weighted by Crippen LogP contribution is 2.39. The van der Waals surface area contributed by atoms with Crippen LogP contribution in [0.25, 0.3) is 0 Å². The number of halogens is 3. The molecule has 0 radical (unpaired) electrons. The fraction of sp³-hybridized carbons (Fsp3) is 0.500. The summed E-state index contributed by atoms with van der Waals surface area (Å²) < 4.78 is 27.4. The van der Waals surface area contributed by atoms with Crippen LogP contribution in [0, 0.1) is 5.92 Å². The molecule has 0 bridgehead atoms. The van der Waals surface area contributed by atoms with Gasteiger partial charge < -0.3 is 5.73 Å². The lowest BCUT2D eigenvalue weighted by Crippen LogP contribution is -2.52. The van der Waals surface area contributed by atoms with Crippen molar-refractivity contribution in [1.29, 1.82) is 0 Å². The molecule has 0 heterocycles. The summed E-state index contributed by atoms with van der Waals surface area (Å²) in [5.74, 6) is 0.301. The van der Waals surface area contributed by atoms with E-state index in [9.17, 15) is 8.42 Å². The minimum absolute atomic E-state index is 0. The first-order chi connectivity index (χ1) is 8.78. The molecule has 0 aliphatic heterocycles. The fourth-order valence-electron chi connectivity index (χ4n) is 2.02. The minimum Gasteiger partial charge on any atom is -0.329 e. The van der Waals surface area contributed by atoms with Gasteiger partial charge in [0.15, 0.2) is 0 Å². The Kier molecular flexibility index (Phi) is 5.75. The van der Waals surface area contributed by atoms with E-state index in [2.05, 4.69) is 4.72 Å². The average Bonchev–Trinajstić information content (AvgIpc) is 3.16. The van der Waals surface area contributed by atoms with E-state index in [-0.39, 0.29) is 28.9 Å². The van der Waals surface area contributed by atoms with Gasteiger partial charge in [0, 0.05) is 12.1 Å². The molecule has 0 saturated heterocycles. The van der Waals surface area contributed by atoms with E-state index in [0.29, 0.717) is 10.9 Å². The lowest BCUT2D eigenvalue weighted by molar-refractivity contribution is 0.374. The predicted molar refractivity (Wildman–Crippen MR) is 84.2 cm³/mol. The molecule has 1 aromatic carbocycles. The highest BCUT2D eigenvalue weighted by molar-refractivity contribution is 7.89. The number of nitrogens with one attached hydrogen (secondary N) is 1. The van der Waals surface area contributed by atoms with Crippen LogP contribution in [-0.4, -0.2) is 20.5 Å². The van der Waals surface area contributed by atoms with Crippen LogP contribution in [-0.2, 0) is 10.0 Å². The van der Waals surface area contributed by atoms with Crippen LogP contribution in [0.15, 0.2) is 23.1 Å². The topological polar surface area (TPSA) is 72.2 Å². The molecule has 1 fully saturated rings. The molecule has 1 aliphatic rings. The van der Waals surface area contributed by atoms with Gasteiger partial charge in [-0.15, -0.1) is 12.4 Å². The second kappa shape index (κ2) is 6.38. The summed E-state index contributed by atoms with van der Waals surface area (Å²) in [5, 5.41) is 0.537. The molecule has 0 spiro atoms. The molecule has 3 N–H and O–H groups in total. The van der Waals surface area contributed by atoms with Crippen LogP contribution in [0.4, 0.5) is 0 Å². The zero-order valence-electron chi connectivity index (χ0n) is 10.9. The number of benzene rings is 1. The molecule has 0 amide bonds. The molecule has 1 saturated carbocycles. The number of hydrogen-bond donors (Lipinski definition) is 2. The average molecular weight is 360 g/mol. The summed E-state index contributed by atoms with van der Waals surface area (Å²) in [6, 6.07) is 4.24. The summed E-state index contributed by atoms with van der Waals surface area (Å²) in [4.78, 5) is 0.0993. The third kappa shape index (κ3) is 3.78. The maximum atomic E-state index is 12.3. The Morgan fingerprint density at radius 1 is 1.35 bits per heavy atom. The van der Waals surface area contributed by atoms with E-state index in [1.165, 1.54) is 18.2 Å². The molecule has 20 heavy (non-hydrogen) atoms. The largest absolute Gasteiger partial charge is 0.329 e. The molecule has 0 aromatic heterocycles. The molecule has 1 unspecified atom stereocenters. The zero-order chi connectivity index (χ0) is 14.3. The third-order valence-electron chi connectivity index (χ3n) is 3.47. The van der Waals surface area contributed by atoms with Gasteiger partial charge in [0.2, 0.25) is 10.0 Å². The van der Waals surface area contributed by atoms with Gasteiger partial charge in [-0.05, 0) is 43.9 Å². The van der Waals surface area contributed by atoms with E-state index in [1.54, 1.807) is 0 Å². The van der Waals surface area contributed by atoms with Crippen molar-refractivity contribution in [2.45, 2.75) is 30.2 Å². The van der Waals surface area contributed by atoms with Crippen molar-refractivity contribution in [3.8, 4) is 0 Å². The molecule has 2 rings (SSSR count). The van der Waals surface area contributed by atoms with Crippen LogP contribution in [0.3, 0.4) is 0 Å². The van der Waals surface area contributed by atoms with Gasteiger partial charge in [-0.2, -0.15) is 0 Å². The van der Waals surface area contributed by atoms with Crippen LogP contribution in [0.5, 0.6) is 0 Å². The van der Waals surface area contributed by atoms with Gasteiger partial charge in [0.1, 0.15) is 0 Å². The molecule has 4 nitrogen and oxygen atoms in total. The summed E-state index contributed by atoms with van der Waals surface area (Å²) in [6.45, 7) is 2.10. The van der Waals surface area contributed by atoms with E-state index >= 15 is 0 Å². The first-order valence-corrected chi connectivity index (χ1v) is 8.21. The van der Waals surface area contributed by atoms with Gasteiger partial charge >= 0.3 is 0 Å². The molecular formula is C12H17Cl3N2O2S. The van der Waals surface area contributed by atoms with Gasteiger partial charge in [-0.25, -0.2) is 13.1 Å². The second-order valence-corrected chi connectivity index (χ2v) is 7.57. The van der Waals surface area contributed by atoms with Crippen molar-refractivity contribution in [1.82, 2.24) is 4.72 Å². The Balaban J connectivity index is 0.00000200. The SMILES string of the molecule is CC(CN)(NS(=O)(=O)c1ccc(Cl)c(Cl)c1)C1CC1.Cl. The van der Waals surface area contributed by atoms with Crippen LogP contribution in [0.2, 0.25) is 10.0 Å². The normalized spacial score (nSPS) is 18.2. The fourth-order valence-corrected chi connectivity index (χ4v) is 3.89. The minimum atomic E-state index is -3.65. The smallest absolute Gasteiger partial charge is 0.241 e. The Hall–Kier alpha value is -0.0400. The first kappa shape index (κ1) is 18.0. The Labute approximate surface area is 135 Å². The van der Waals surface area contributed by atoms with E-state index in [1.807, 2.05) is 6.92 Å². The van der Waals surface area contributed by atoms with Crippen molar-refractivity contribution in [3.05, 3.63) is 28.2 Å². The number of nitrogens with two attached hydrogens (primary N) is 1. The van der Waals surface area contributed by atoms with Gasteiger partial charge in [-0.3, -0.25) is 0 Å². The molecule has 1 aliphatic carbocycles. The third-order valence-corrected chi connectivity index (χ3v) is 5.82. The van der Waals surface area contributed by atoms with E-state index in [4.69, 9.17) is 28.9 Å². The van der Waals surface area contributed by atoms with Crippen molar-refractivity contribution < 1.29 is 8.42 Å². The molecule has 8 heteroatoms. The second-order valence-electron chi connectivity index (χ2n) is 5.08. The van der Waals surface area contributed by atoms with Crippen molar-refractivity contribution in [3.63, 3.8) is 0 Å². The highest BCUT2D eigenvalue weighted by atomic mass is 35.5. The summed E-state index contributed by atoms with van der Waals surface area (Å²) >= 11 is 11.6. The molecule has 1 aromatic rings. The monoisotopic (exact) mass is 358 g/mol. The number of hydrogen-bond acceptors (Lipinski definition) is 3. The number of sulfonamides is 1. The van der Waals surface area contributed by atoms with Crippen LogP contribution in [0.1, 0.15) is 19.8 Å². The molecule has 1 atom stereocenters. The van der Waals surface area contributed by atoms with Crippen molar-refractivity contribution >= 4 is 45.6 Å². The van der Waals surface area contributed by atoms with Gasteiger partial charge in [0.25, 0.3) is 0 Å². The predicted octanol–water partition coefficient (Wildman–Crippen LogP) is 2.82. The summed E-state index contributed by atoms with van der Waals surface area (Å²) in [5.41, 5.74) is 5.11. The Morgan fingerprint density at radius 2 is 1.95 bits per heavy atom. The van der Waals surface area contributed by atoms with Gasteiger partial charge in [0.05, 0.1) is 14.9 Å². The first-order valence-electron chi connectivity index (χ1n) is 5.97. The standard InChI is InChI=1S/C12H16Cl2N2O2S.ClH/c1-12(7-15,8-2-3-8)16-19(17,18)9-4-5-10(13)11(14)6-9;/h4-6,8,16H,2-3,7,15H2,1H3;1H. The zero-order valence-corrected chi connectivity index (χ0v) is 14.0. The Morgan fingerprint density at radius 3 is 2.40 bits per heavy atom. The van der Waals surface area contributed by atoms with Crippen LogP contribution < -0.4 is 10.5 Å². The lowest BCUT2D eigenvalue weighted by atomic mass is 9.98. The summed E-state index contributed by atoms with van der Waals surface area (Å²) in [7, 11) is -3.65. The van der Waals surface area contributed by atoms with E-state index < -0.39 is 15.6 Å². The number of rotatable bonds is 5. The molecular weight excluding hydrogens is 343 g/mol. The summed E-state index contributed by atoms with van der Waals surface area (Å²) in [6.07, 6.45) is 2.00. The highest BCUT2D eigenvalue weighted by Gasteiger charge is 2.43. The van der Waals surface area contributed by atoms with Gasteiger partial charge in [-0.1, -0.05) is 23.2 Å². The van der Waals surface area contributed by atoms with Crippen molar-refractivity contribution in [2.75, 3.05) is 6.54 Å². The maximum Gasteiger partial charge on any atom is 0.241 e. The Bertz CT molecular complexity index is 590. The lowest BCUT2D eigenvalue weighted by Gasteiger charge is -2.29. The maximum absolute atomic E-state index is 12.3. The quantitative estimate of drug-likeness (QED) is 0.849. The van der Waals surface area contributed by atoms with Crippen LogP contribution >= 0.6 is 35.6 Å². The van der Waals surface area contributed by atoms with Crippen molar-refractivity contribution in [2.24, 2.45) is 11.7 Å². The van der Waals surface area contributed by atoms with E-state index in [0.717, 1.165) is 12.8 Å². The molecule has 114 valence electrons.